The first-order valence-corrected chi connectivity index (χ1v) is 8.65. The molecule has 1 aromatic carbocycles. The van der Waals surface area contributed by atoms with Gasteiger partial charge in [0.2, 0.25) is 11.9 Å². The molecule has 3 aliphatic heterocycles. The van der Waals surface area contributed by atoms with Crippen LogP contribution in [-0.2, 0) is 17.4 Å². The Morgan fingerprint density at radius 2 is 1.89 bits per heavy atom. The number of anilines is 1. The van der Waals surface area contributed by atoms with E-state index in [0.29, 0.717) is 18.7 Å². The lowest BCUT2D eigenvalue weighted by atomic mass is 9.86. The van der Waals surface area contributed by atoms with Crippen LogP contribution in [-0.4, -0.2) is 41.0 Å². The van der Waals surface area contributed by atoms with E-state index in [1.54, 1.807) is 11.0 Å². The number of amides is 1. The minimum Gasteiger partial charge on any atom is -0.367 e. The summed E-state index contributed by atoms with van der Waals surface area (Å²) < 4.78 is 51.8. The van der Waals surface area contributed by atoms with Gasteiger partial charge in [-0.1, -0.05) is 18.2 Å². The number of fused-ring (bicyclic) bond motifs is 2. The molecule has 2 aromatic rings. The standard InChI is InChI=1S/C19H17F4N3O/c20-17-9-14(4-5-24-17)25-10-15-8-16(11-25)26(15)18(27)7-12-2-1-3-13(6-12)19(21,22)23/h1-6,9,15-16H,7-8,10-11H2. The van der Waals surface area contributed by atoms with E-state index in [-0.39, 0.29) is 24.4 Å². The van der Waals surface area contributed by atoms with Crippen molar-refractivity contribution < 1.29 is 22.4 Å². The fraction of sp³-hybridized carbons (Fsp3) is 0.368. The number of carbonyl (C=O) groups excluding carboxylic acids is 1. The lowest BCUT2D eigenvalue weighted by molar-refractivity contribution is -0.145. The molecule has 2 unspecified atom stereocenters. The molecule has 142 valence electrons. The van der Waals surface area contributed by atoms with Crippen molar-refractivity contribution in [3.05, 3.63) is 59.7 Å². The Balaban J connectivity index is 1.42. The second-order valence-electron chi connectivity index (χ2n) is 6.96. The Hall–Kier alpha value is -2.64. The van der Waals surface area contributed by atoms with E-state index in [1.807, 2.05) is 4.90 Å². The van der Waals surface area contributed by atoms with Crippen molar-refractivity contribution in [1.82, 2.24) is 9.88 Å². The van der Waals surface area contributed by atoms with Gasteiger partial charge in [0.15, 0.2) is 0 Å². The number of carbonyl (C=O) groups is 1. The maximum atomic E-state index is 13.3. The van der Waals surface area contributed by atoms with Gasteiger partial charge in [-0.05, 0) is 24.1 Å². The van der Waals surface area contributed by atoms with Crippen molar-refractivity contribution in [2.24, 2.45) is 0 Å². The van der Waals surface area contributed by atoms with Crippen molar-refractivity contribution in [1.29, 1.82) is 0 Å². The summed E-state index contributed by atoms with van der Waals surface area (Å²) >= 11 is 0. The van der Waals surface area contributed by atoms with Crippen molar-refractivity contribution in [3.63, 3.8) is 0 Å². The smallest absolute Gasteiger partial charge is 0.367 e. The third kappa shape index (κ3) is 3.48. The predicted molar refractivity (Wildman–Crippen MR) is 90.6 cm³/mol. The van der Waals surface area contributed by atoms with E-state index >= 15 is 0 Å². The first kappa shape index (κ1) is 17.8. The number of piperazine rings is 1. The van der Waals surface area contributed by atoms with Crippen LogP contribution in [0.25, 0.3) is 0 Å². The van der Waals surface area contributed by atoms with Gasteiger partial charge in [-0.25, -0.2) is 4.98 Å². The van der Waals surface area contributed by atoms with Crippen LogP contribution < -0.4 is 4.90 Å². The molecule has 0 aliphatic carbocycles. The predicted octanol–water partition coefficient (Wildman–Crippen LogP) is 3.27. The molecule has 0 radical (unpaired) electrons. The van der Waals surface area contributed by atoms with Crippen LogP contribution in [0.1, 0.15) is 17.5 Å². The molecule has 0 spiro atoms. The van der Waals surface area contributed by atoms with Gasteiger partial charge >= 0.3 is 6.18 Å². The molecule has 8 heteroatoms. The van der Waals surface area contributed by atoms with E-state index in [1.165, 1.54) is 24.4 Å². The maximum Gasteiger partial charge on any atom is 0.416 e. The van der Waals surface area contributed by atoms with E-state index in [2.05, 4.69) is 4.98 Å². The van der Waals surface area contributed by atoms with Crippen molar-refractivity contribution in [2.45, 2.75) is 31.1 Å². The Kier molecular flexibility index (Phi) is 4.28. The average Bonchev–Trinajstić information content (AvgIpc) is 2.61. The third-order valence-corrected chi connectivity index (χ3v) is 5.17. The summed E-state index contributed by atoms with van der Waals surface area (Å²) in [5.74, 6) is -0.722. The first-order valence-electron chi connectivity index (χ1n) is 8.65. The quantitative estimate of drug-likeness (QED) is 0.607. The summed E-state index contributed by atoms with van der Waals surface area (Å²) in [6.45, 7) is 1.16. The van der Waals surface area contributed by atoms with Crippen molar-refractivity contribution >= 4 is 11.6 Å². The summed E-state index contributed by atoms with van der Waals surface area (Å²) in [5, 5.41) is 0. The van der Waals surface area contributed by atoms with E-state index in [4.69, 9.17) is 0 Å². The van der Waals surface area contributed by atoms with Crippen LogP contribution >= 0.6 is 0 Å². The van der Waals surface area contributed by atoms with Gasteiger partial charge in [-0.15, -0.1) is 0 Å². The largest absolute Gasteiger partial charge is 0.416 e. The van der Waals surface area contributed by atoms with Gasteiger partial charge in [-0.2, -0.15) is 17.6 Å². The molecule has 0 saturated carbocycles. The highest BCUT2D eigenvalue weighted by Gasteiger charge is 2.47. The molecule has 0 N–H and O–H groups in total. The van der Waals surface area contributed by atoms with Gasteiger partial charge in [0.25, 0.3) is 0 Å². The minimum absolute atomic E-state index is 0.00160. The average molecular weight is 379 g/mol. The van der Waals surface area contributed by atoms with E-state index < -0.39 is 17.7 Å². The summed E-state index contributed by atoms with van der Waals surface area (Å²) in [5.41, 5.74) is 0.331. The molecule has 1 amide bonds. The first-order chi connectivity index (χ1) is 12.8. The molecule has 3 fully saturated rings. The van der Waals surface area contributed by atoms with Crippen molar-refractivity contribution in [2.75, 3.05) is 18.0 Å². The number of rotatable bonds is 3. The normalized spacial score (nSPS) is 21.8. The summed E-state index contributed by atoms with van der Waals surface area (Å²) in [4.78, 5) is 19.9. The number of alkyl halides is 3. The number of pyridine rings is 1. The van der Waals surface area contributed by atoms with Crippen LogP contribution in [0, 0.1) is 5.95 Å². The summed E-state index contributed by atoms with van der Waals surface area (Å²) in [7, 11) is 0. The molecule has 2 atom stereocenters. The molecular formula is C19H17F4N3O. The SMILES string of the molecule is O=C(Cc1cccc(C(F)(F)F)c1)N1C2CC1CN(c1ccnc(F)c1)C2. The Morgan fingerprint density at radius 3 is 2.56 bits per heavy atom. The lowest BCUT2D eigenvalue weighted by Crippen LogP contribution is -2.70. The number of benzene rings is 1. The Labute approximate surface area is 153 Å². The Bertz CT molecular complexity index is 858. The Morgan fingerprint density at radius 1 is 1.15 bits per heavy atom. The molecule has 4 nitrogen and oxygen atoms in total. The second kappa shape index (κ2) is 6.51. The molecule has 3 saturated heterocycles. The number of hydrogen-bond acceptors (Lipinski definition) is 3. The number of piperidine rings is 1. The van der Waals surface area contributed by atoms with Gasteiger partial charge < -0.3 is 9.80 Å². The highest BCUT2D eigenvalue weighted by molar-refractivity contribution is 5.81. The molecule has 27 heavy (non-hydrogen) atoms. The third-order valence-electron chi connectivity index (χ3n) is 5.17. The van der Waals surface area contributed by atoms with Crippen LogP contribution in [0.3, 0.4) is 0 Å². The molecule has 1 aromatic heterocycles. The van der Waals surface area contributed by atoms with Crippen LogP contribution in [0.5, 0.6) is 0 Å². The number of aromatic nitrogens is 1. The molecular weight excluding hydrogens is 362 g/mol. The van der Waals surface area contributed by atoms with Crippen LogP contribution in [0.15, 0.2) is 42.6 Å². The molecule has 3 aliphatic rings. The molecule has 4 heterocycles. The van der Waals surface area contributed by atoms with E-state index in [9.17, 15) is 22.4 Å². The van der Waals surface area contributed by atoms with Crippen LogP contribution in [0.2, 0.25) is 0 Å². The highest BCUT2D eigenvalue weighted by Crippen LogP contribution is 2.35. The summed E-state index contributed by atoms with van der Waals surface area (Å²) in [6, 6.07) is 7.97. The number of halogens is 4. The monoisotopic (exact) mass is 379 g/mol. The van der Waals surface area contributed by atoms with Gasteiger partial charge in [-0.3, -0.25) is 4.79 Å². The van der Waals surface area contributed by atoms with Crippen LogP contribution in [0.4, 0.5) is 23.2 Å². The molecule has 2 bridgehead atoms. The molecule has 5 rings (SSSR count). The maximum absolute atomic E-state index is 13.3. The van der Waals surface area contributed by atoms with Gasteiger partial charge in [0.05, 0.1) is 24.1 Å². The van der Waals surface area contributed by atoms with Crippen molar-refractivity contribution in [3.8, 4) is 0 Å². The summed E-state index contributed by atoms with van der Waals surface area (Å²) in [6.07, 6.45) is -2.21. The number of hydrogen-bond donors (Lipinski definition) is 0. The fourth-order valence-corrected chi connectivity index (χ4v) is 3.94. The van der Waals surface area contributed by atoms with Gasteiger partial charge in [0, 0.05) is 31.0 Å². The zero-order chi connectivity index (χ0) is 19.2. The minimum atomic E-state index is -4.42. The van der Waals surface area contributed by atoms with E-state index in [0.717, 1.165) is 24.2 Å². The zero-order valence-corrected chi connectivity index (χ0v) is 14.3. The lowest BCUT2D eigenvalue weighted by Gasteiger charge is -2.57. The highest BCUT2D eigenvalue weighted by atomic mass is 19.4. The van der Waals surface area contributed by atoms with Gasteiger partial charge in [0.1, 0.15) is 0 Å². The second-order valence-corrected chi connectivity index (χ2v) is 6.96. The number of nitrogens with zero attached hydrogens (tertiary/aromatic N) is 3. The zero-order valence-electron chi connectivity index (χ0n) is 14.3. The fourth-order valence-electron chi connectivity index (χ4n) is 3.94. The topological polar surface area (TPSA) is 36.4 Å².